The molecule has 3 nitrogen and oxygen atoms in total. The van der Waals surface area contributed by atoms with Crippen molar-refractivity contribution in [3.63, 3.8) is 0 Å². The number of amides is 1. The maximum atomic E-state index is 11.8. The molecule has 2 heterocycles. The van der Waals surface area contributed by atoms with E-state index in [-0.39, 0.29) is 5.91 Å². The lowest BCUT2D eigenvalue weighted by Crippen LogP contribution is -2.18. The topological polar surface area (TPSA) is 41.5 Å². The van der Waals surface area contributed by atoms with Crippen molar-refractivity contribution in [3.05, 3.63) is 44.3 Å². The van der Waals surface area contributed by atoms with Crippen molar-refractivity contribution >= 4 is 34.3 Å². The fraction of sp³-hybridized carbons (Fsp3) is 0.286. The van der Waals surface area contributed by atoms with E-state index in [1.54, 1.807) is 17.4 Å². The number of carbonyl (C=O) groups excluding carboxylic acids is 1. The van der Waals surface area contributed by atoms with Crippen molar-refractivity contribution in [1.29, 1.82) is 0 Å². The SMILES string of the molecule is CCCC(=NNC(=O)c1cccs1)c1ccc(C)s1. The van der Waals surface area contributed by atoms with Crippen LogP contribution >= 0.6 is 22.7 Å². The van der Waals surface area contributed by atoms with E-state index in [1.807, 2.05) is 11.4 Å². The van der Waals surface area contributed by atoms with Crippen LogP contribution in [0.2, 0.25) is 0 Å². The van der Waals surface area contributed by atoms with Crippen molar-refractivity contribution in [2.24, 2.45) is 5.10 Å². The molecule has 0 radical (unpaired) electrons. The molecule has 0 aliphatic rings. The van der Waals surface area contributed by atoms with Crippen molar-refractivity contribution in [1.82, 2.24) is 5.43 Å². The highest BCUT2D eigenvalue weighted by atomic mass is 32.1. The molecule has 1 amide bonds. The van der Waals surface area contributed by atoms with E-state index < -0.39 is 0 Å². The molecule has 0 atom stereocenters. The Morgan fingerprint density at radius 1 is 1.32 bits per heavy atom. The van der Waals surface area contributed by atoms with Crippen LogP contribution in [0.15, 0.2) is 34.7 Å². The van der Waals surface area contributed by atoms with Crippen LogP contribution in [0.4, 0.5) is 0 Å². The number of thiophene rings is 2. The highest BCUT2D eigenvalue weighted by Crippen LogP contribution is 2.18. The van der Waals surface area contributed by atoms with Crippen molar-refractivity contribution in [2.75, 3.05) is 0 Å². The lowest BCUT2D eigenvalue weighted by molar-refractivity contribution is 0.0959. The summed E-state index contributed by atoms with van der Waals surface area (Å²) in [6.07, 6.45) is 1.87. The van der Waals surface area contributed by atoms with Crippen LogP contribution < -0.4 is 5.43 Å². The first kappa shape index (κ1) is 14.0. The molecule has 0 aromatic carbocycles. The number of nitrogens with zero attached hydrogens (tertiary/aromatic N) is 1. The summed E-state index contributed by atoms with van der Waals surface area (Å²) in [5, 5.41) is 6.17. The van der Waals surface area contributed by atoms with Gasteiger partial charge in [-0.25, -0.2) is 5.43 Å². The van der Waals surface area contributed by atoms with Crippen LogP contribution in [0.1, 0.15) is 39.2 Å². The van der Waals surface area contributed by atoms with E-state index in [0.717, 1.165) is 23.4 Å². The van der Waals surface area contributed by atoms with Gasteiger partial charge in [-0.1, -0.05) is 19.4 Å². The van der Waals surface area contributed by atoms with Gasteiger partial charge in [0.25, 0.3) is 5.91 Å². The quantitative estimate of drug-likeness (QED) is 0.655. The molecule has 0 saturated carbocycles. The third-order valence-electron chi connectivity index (χ3n) is 2.55. The van der Waals surface area contributed by atoms with Crippen LogP contribution in [-0.2, 0) is 0 Å². The van der Waals surface area contributed by atoms with Crippen LogP contribution in [-0.4, -0.2) is 11.6 Å². The van der Waals surface area contributed by atoms with Gasteiger partial charge in [0.15, 0.2) is 0 Å². The molecule has 0 aliphatic carbocycles. The lowest BCUT2D eigenvalue weighted by atomic mass is 10.2. The molecular formula is C14H16N2OS2. The fourth-order valence-electron chi connectivity index (χ4n) is 1.64. The second-order valence-electron chi connectivity index (χ2n) is 4.14. The van der Waals surface area contributed by atoms with Gasteiger partial charge in [-0.3, -0.25) is 4.79 Å². The van der Waals surface area contributed by atoms with Crippen LogP contribution in [0.3, 0.4) is 0 Å². The molecular weight excluding hydrogens is 276 g/mol. The van der Waals surface area contributed by atoms with Gasteiger partial charge in [0, 0.05) is 4.88 Å². The Hall–Kier alpha value is -1.46. The third-order valence-corrected chi connectivity index (χ3v) is 4.47. The Labute approximate surface area is 121 Å². The third kappa shape index (κ3) is 3.75. The van der Waals surface area contributed by atoms with Gasteiger partial charge < -0.3 is 0 Å². The Kier molecular flexibility index (Phi) is 4.87. The monoisotopic (exact) mass is 292 g/mol. The number of hydrogen-bond acceptors (Lipinski definition) is 4. The van der Waals surface area contributed by atoms with Crippen LogP contribution in [0, 0.1) is 6.92 Å². The van der Waals surface area contributed by atoms with Gasteiger partial charge in [0.05, 0.1) is 15.5 Å². The molecule has 1 N–H and O–H groups in total. The first-order valence-electron chi connectivity index (χ1n) is 6.18. The molecule has 0 spiro atoms. The average molecular weight is 292 g/mol. The van der Waals surface area contributed by atoms with Crippen molar-refractivity contribution in [2.45, 2.75) is 26.7 Å². The number of carbonyl (C=O) groups is 1. The second kappa shape index (κ2) is 6.63. The highest BCUT2D eigenvalue weighted by Gasteiger charge is 2.08. The Morgan fingerprint density at radius 2 is 2.16 bits per heavy atom. The zero-order valence-electron chi connectivity index (χ0n) is 11.0. The number of aryl methyl sites for hydroxylation is 1. The average Bonchev–Trinajstić information content (AvgIpc) is 3.05. The van der Waals surface area contributed by atoms with Gasteiger partial charge in [-0.05, 0) is 36.9 Å². The smallest absolute Gasteiger partial charge is 0.266 e. The second-order valence-corrected chi connectivity index (χ2v) is 6.37. The lowest BCUT2D eigenvalue weighted by Gasteiger charge is -2.03. The molecule has 2 aromatic rings. The van der Waals surface area contributed by atoms with Gasteiger partial charge in [-0.15, -0.1) is 22.7 Å². The van der Waals surface area contributed by atoms with Gasteiger partial charge in [0.1, 0.15) is 0 Å². The fourth-order valence-corrected chi connectivity index (χ4v) is 3.14. The minimum Gasteiger partial charge on any atom is -0.266 e. The number of nitrogens with one attached hydrogen (secondary N) is 1. The summed E-state index contributed by atoms with van der Waals surface area (Å²) < 4.78 is 0. The van der Waals surface area contributed by atoms with Crippen molar-refractivity contribution in [3.8, 4) is 0 Å². The molecule has 2 rings (SSSR count). The van der Waals surface area contributed by atoms with E-state index >= 15 is 0 Å². The van der Waals surface area contributed by atoms with Crippen molar-refractivity contribution < 1.29 is 4.79 Å². The highest BCUT2D eigenvalue weighted by molar-refractivity contribution is 7.14. The van der Waals surface area contributed by atoms with Gasteiger partial charge >= 0.3 is 0 Å². The summed E-state index contributed by atoms with van der Waals surface area (Å²) in [6.45, 7) is 4.18. The summed E-state index contributed by atoms with van der Waals surface area (Å²) in [6, 6.07) is 7.79. The van der Waals surface area contributed by atoms with Gasteiger partial charge in [0.2, 0.25) is 0 Å². The summed E-state index contributed by atoms with van der Waals surface area (Å²) in [5.74, 6) is -0.142. The number of hydrazone groups is 1. The van der Waals surface area contributed by atoms with Gasteiger partial charge in [-0.2, -0.15) is 5.10 Å². The molecule has 5 heteroatoms. The predicted octanol–water partition coefficient (Wildman–Crippen LogP) is 4.05. The van der Waals surface area contributed by atoms with E-state index in [1.165, 1.54) is 16.2 Å². The zero-order valence-corrected chi connectivity index (χ0v) is 12.6. The molecule has 2 aromatic heterocycles. The molecule has 0 fully saturated rings. The zero-order chi connectivity index (χ0) is 13.7. The molecule has 0 bridgehead atoms. The summed E-state index contributed by atoms with van der Waals surface area (Å²) in [7, 11) is 0. The predicted molar refractivity (Wildman–Crippen MR) is 82.3 cm³/mol. The molecule has 0 unspecified atom stereocenters. The number of hydrogen-bond donors (Lipinski definition) is 1. The summed E-state index contributed by atoms with van der Waals surface area (Å²) in [5.41, 5.74) is 3.59. The molecule has 0 saturated heterocycles. The Balaban J connectivity index is 2.11. The largest absolute Gasteiger partial charge is 0.281 e. The first-order chi connectivity index (χ1) is 9.20. The number of rotatable bonds is 5. The normalized spacial score (nSPS) is 11.6. The van der Waals surface area contributed by atoms with E-state index in [2.05, 4.69) is 36.5 Å². The maximum Gasteiger partial charge on any atom is 0.281 e. The Bertz CT molecular complexity index is 570. The van der Waals surface area contributed by atoms with Crippen LogP contribution in [0.5, 0.6) is 0 Å². The maximum absolute atomic E-state index is 11.8. The minimum atomic E-state index is -0.142. The van der Waals surface area contributed by atoms with E-state index in [0.29, 0.717) is 4.88 Å². The first-order valence-corrected chi connectivity index (χ1v) is 7.87. The molecule has 100 valence electrons. The van der Waals surface area contributed by atoms with Crippen LogP contribution in [0.25, 0.3) is 0 Å². The Morgan fingerprint density at radius 3 is 2.74 bits per heavy atom. The summed E-state index contributed by atoms with van der Waals surface area (Å²) >= 11 is 3.12. The standard InChI is InChI=1S/C14H16N2OS2/c1-3-5-11(12-8-7-10(2)19-12)15-16-14(17)13-6-4-9-18-13/h4,6-9H,3,5H2,1-2H3,(H,16,17). The van der Waals surface area contributed by atoms with E-state index in [4.69, 9.17) is 0 Å². The minimum absolute atomic E-state index is 0.142. The molecule has 19 heavy (non-hydrogen) atoms. The summed E-state index contributed by atoms with van der Waals surface area (Å²) in [4.78, 5) is 14.9. The molecule has 0 aliphatic heterocycles. The van der Waals surface area contributed by atoms with E-state index in [9.17, 15) is 4.79 Å².